The van der Waals surface area contributed by atoms with Gasteiger partial charge in [0, 0.05) is 25.0 Å². The van der Waals surface area contributed by atoms with Crippen LogP contribution in [0.5, 0.6) is 5.75 Å². The van der Waals surface area contributed by atoms with Gasteiger partial charge in [-0.2, -0.15) is 0 Å². The molecule has 2 aromatic carbocycles. The number of rotatable bonds is 4. The van der Waals surface area contributed by atoms with Crippen molar-refractivity contribution < 1.29 is 14.3 Å². The van der Waals surface area contributed by atoms with Gasteiger partial charge in [-0.1, -0.05) is 12.1 Å². The monoisotopic (exact) mass is 390 g/mol. The van der Waals surface area contributed by atoms with Gasteiger partial charge in [-0.15, -0.1) is 11.3 Å². The van der Waals surface area contributed by atoms with E-state index in [0.717, 1.165) is 10.2 Å². The Balaban J connectivity index is 1.61. The second kappa shape index (κ2) is 7.53. The van der Waals surface area contributed by atoms with Crippen LogP contribution in [0.4, 0.5) is 5.69 Å². The van der Waals surface area contributed by atoms with Crippen LogP contribution in [0.15, 0.2) is 60.9 Å². The van der Waals surface area contributed by atoms with Gasteiger partial charge in [-0.25, -0.2) is 19.7 Å². The molecule has 4 rings (SSSR count). The lowest BCUT2D eigenvalue weighted by atomic mass is 10.3. The molecular formula is C20H14N4O3S. The van der Waals surface area contributed by atoms with Crippen LogP contribution in [0.3, 0.4) is 0 Å². The van der Waals surface area contributed by atoms with E-state index in [1.807, 2.05) is 24.3 Å². The van der Waals surface area contributed by atoms with E-state index < -0.39 is 5.97 Å². The summed E-state index contributed by atoms with van der Waals surface area (Å²) in [6.45, 7) is 1.42. The van der Waals surface area contributed by atoms with Crippen molar-refractivity contribution >= 4 is 39.1 Å². The van der Waals surface area contributed by atoms with E-state index in [2.05, 4.69) is 20.3 Å². The SMILES string of the molecule is CC(=O)Nc1ccc(OC(=O)c2nccnc2-c2nc3ccccc3s2)cc1. The number of carbonyl (C=O) groups excluding carboxylic acids is 2. The second-order valence-electron chi connectivity index (χ2n) is 5.84. The molecule has 7 nitrogen and oxygen atoms in total. The van der Waals surface area contributed by atoms with Crippen LogP contribution in [-0.4, -0.2) is 26.8 Å². The van der Waals surface area contributed by atoms with Crippen LogP contribution in [0.25, 0.3) is 20.9 Å². The average molecular weight is 390 g/mol. The number of hydrogen-bond donors (Lipinski definition) is 1. The molecular weight excluding hydrogens is 376 g/mol. The number of benzene rings is 2. The lowest BCUT2D eigenvalue weighted by Crippen LogP contribution is -2.13. The lowest BCUT2D eigenvalue weighted by molar-refractivity contribution is -0.114. The fourth-order valence-electron chi connectivity index (χ4n) is 2.58. The standard InChI is InChI=1S/C20H14N4O3S/c1-12(25)23-13-6-8-14(9-7-13)27-20(26)18-17(21-10-11-22-18)19-24-15-4-2-3-5-16(15)28-19/h2-11H,1H3,(H,23,25). The summed E-state index contributed by atoms with van der Waals surface area (Å²) >= 11 is 1.43. The molecule has 1 amide bonds. The number of nitrogens with one attached hydrogen (secondary N) is 1. The highest BCUT2D eigenvalue weighted by Crippen LogP contribution is 2.30. The van der Waals surface area contributed by atoms with Crippen LogP contribution < -0.4 is 10.1 Å². The van der Waals surface area contributed by atoms with E-state index in [1.165, 1.54) is 30.7 Å². The minimum absolute atomic E-state index is 0.0903. The summed E-state index contributed by atoms with van der Waals surface area (Å²) in [5.41, 5.74) is 1.92. The predicted octanol–water partition coefficient (Wildman–Crippen LogP) is 3.93. The Hall–Kier alpha value is -3.65. The molecule has 0 aliphatic heterocycles. The number of nitrogens with zero attached hydrogens (tertiary/aromatic N) is 3. The van der Waals surface area contributed by atoms with Crippen molar-refractivity contribution in [1.29, 1.82) is 0 Å². The van der Waals surface area contributed by atoms with E-state index in [4.69, 9.17) is 4.74 Å². The maximum atomic E-state index is 12.7. The quantitative estimate of drug-likeness (QED) is 0.419. The normalized spacial score (nSPS) is 10.6. The number of ether oxygens (including phenoxy) is 1. The fourth-order valence-corrected chi connectivity index (χ4v) is 3.55. The van der Waals surface area contributed by atoms with Gasteiger partial charge in [0.05, 0.1) is 10.2 Å². The largest absolute Gasteiger partial charge is 0.422 e. The van der Waals surface area contributed by atoms with Crippen LogP contribution >= 0.6 is 11.3 Å². The number of carbonyl (C=O) groups is 2. The molecule has 0 aliphatic carbocycles. The molecule has 4 aromatic rings. The first-order valence-electron chi connectivity index (χ1n) is 8.37. The van der Waals surface area contributed by atoms with E-state index in [1.54, 1.807) is 24.3 Å². The third-order valence-electron chi connectivity index (χ3n) is 3.77. The molecule has 0 spiro atoms. The molecule has 0 bridgehead atoms. The first-order chi connectivity index (χ1) is 13.6. The summed E-state index contributed by atoms with van der Waals surface area (Å²) in [7, 11) is 0. The Kier molecular flexibility index (Phi) is 4.77. The number of amides is 1. The van der Waals surface area contributed by atoms with Crippen LogP contribution in [0, 0.1) is 0 Å². The maximum absolute atomic E-state index is 12.7. The van der Waals surface area contributed by atoms with Gasteiger partial charge >= 0.3 is 5.97 Å². The van der Waals surface area contributed by atoms with Gasteiger partial charge in [0.15, 0.2) is 5.69 Å². The zero-order valence-corrected chi connectivity index (χ0v) is 15.6. The fraction of sp³-hybridized carbons (Fsp3) is 0.0500. The van der Waals surface area contributed by atoms with Gasteiger partial charge in [0.2, 0.25) is 5.91 Å². The first-order valence-corrected chi connectivity index (χ1v) is 9.18. The Labute approximate surface area is 164 Å². The zero-order chi connectivity index (χ0) is 19.5. The number of anilines is 1. The Bertz CT molecular complexity index is 1140. The van der Waals surface area contributed by atoms with Gasteiger partial charge in [-0.05, 0) is 36.4 Å². The Morgan fingerprint density at radius 1 is 1.00 bits per heavy atom. The summed E-state index contributed by atoms with van der Waals surface area (Å²) in [5, 5.41) is 3.25. The molecule has 28 heavy (non-hydrogen) atoms. The molecule has 0 unspecified atom stereocenters. The molecule has 0 fully saturated rings. The summed E-state index contributed by atoms with van der Waals surface area (Å²) < 4.78 is 6.42. The number of para-hydroxylation sites is 1. The van der Waals surface area contributed by atoms with Gasteiger partial charge in [-0.3, -0.25) is 4.79 Å². The Morgan fingerprint density at radius 3 is 2.50 bits per heavy atom. The van der Waals surface area contributed by atoms with E-state index in [-0.39, 0.29) is 11.6 Å². The zero-order valence-electron chi connectivity index (χ0n) is 14.7. The number of aromatic nitrogens is 3. The summed E-state index contributed by atoms with van der Waals surface area (Å²) in [6.07, 6.45) is 2.95. The van der Waals surface area contributed by atoms with E-state index >= 15 is 0 Å². The minimum atomic E-state index is -0.630. The summed E-state index contributed by atoms with van der Waals surface area (Å²) in [4.78, 5) is 36.7. The molecule has 8 heteroatoms. The molecule has 138 valence electrons. The smallest absolute Gasteiger partial charge is 0.364 e. The Morgan fingerprint density at radius 2 is 1.75 bits per heavy atom. The summed E-state index contributed by atoms with van der Waals surface area (Å²) in [5.74, 6) is -0.473. The third-order valence-corrected chi connectivity index (χ3v) is 4.82. The number of hydrogen-bond acceptors (Lipinski definition) is 7. The number of fused-ring (bicyclic) bond motifs is 1. The maximum Gasteiger partial charge on any atom is 0.364 e. The minimum Gasteiger partial charge on any atom is -0.422 e. The van der Waals surface area contributed by atoms with Crippen LogP contribution in [-0.2, 0) is 4.79 Å². The van der Waals surface area contributed by atoms with Crippen molar-refractivity contribution in [3.8, 4) is 16.5 Å². The van der Waals surface area contributed by atoms with Gasteiger partial charge < -0.3 is 10.1 Å². The number of thiazole rings is 1. The molecule has 0 saturated carbocycles. The van der Waals surface area contributed by atoms with Crippen molar-refractivity contribution in [2.75, 3.05) is 5.32 Å². The molecule has 2 aromatic heterocycles. The highest BCUT2D eigenvalue weighted by atomic mass is 32.1. The first kappa shape index (κ1) is 17.7. The highest BCUT2D eigenvalue weighted by molar-refractivity contribution is 7.21. The van der Waals surface area contributed by atoms with E-state index in [9.17, 15) is 9.59 Å². The summed E-state index contributed by atoms with van der Waals surface area (Å²) in [6, 6.07) is 14.2. The topological polar surface area (TPSA) is 94.1 Å². The molecule has 1 N–H and O–H groups in total. The average Bonchev–Trinajstić information content (AvgIpc) is 3.13. The van der Waals surface area contributed by atoms with E-state index in [0.29, 0.717) is 22.1 Å². The third kappa shape index (κ3) is 3.72. The molecule has 2 heterocycles. The lowest BCUT2D eigenvalue weighted by Gasteiger charge is -2.07. The van der Waals surface area contributed by atoms with Crippen molar-refractivity contribution in [3.63, 3.8) is 0 Å². The van der Waals surface area contributed by atoms with Crippen LogP contribution in [0.1, 0.15) is 17.4 Å². The van der Waals surface area contributed by atoms with Gasteiger partial charge in [0.25, 0.3) is 0 Å². The van der Waals surface area contributed by atoms with Crippen LogP contribution in [0.2, 0.25) is 0 Å². The van der Waals surface area contributed by atoms with Crippen molar-refractivity contribution in [2.45, 2.75) is 6.92 Å². The highest BCUT2D eigenvalue weighted by Gasteiger charge is 2.20. The molecule has 0 saturated heterocycles. The van der Waals surface area contributed by atoms with Crippen molar-refractivity contribution in [3.05, 3.63) is 66.6 Å². The predicted molar refractivity (Wildman–Crippen MR) is 106 cm³/mol. The molecule has 0 atom stereocenters. The number of esters is 1. The second-order valence-corrected chi connectivity index (χ2v) is 6.87. The van der Waals surface area contributed by atoms with Gasteiger partial charge in [0.1, 0.15) is 16.5 Å². The molecule has 0 radical (unpaired) electrons. The van der Waals surface area contributed by atoms with Crippen molar-refractivity contribution in [2.24, 2.45) is 0 Å². The molecule has 0 aliphatic rings. The van der Waals surface area contributed by atoms with Crippen molar-refractivity contribution in [1.82, 2.24) is 15.0 Å².